The van der Waals surface area contributed by atoms with Crippen molar-refractivity contribution in [3.8, 4) is 0 Å². The van der Waals surface area contributed by atoms with Gasteiger partial charge in [-0.2, -0.15) is 0 Å². The fourth-order valence-corrected chi connectivity index (χ4v) is 3.83. The van der Waals surface area contributed by atoms with Gasteiger partial charge in [-0.25, -0.2) is 8.42 Å². The smallest absolute Gasteiger partial charge is 0.237 e. The van der Waals surface area contributed by atoms with Gasteiger partial charge in [-0.3, -0.25) is 9.52 Å². The van der Waals surface area contributed by atoms with Crippen molar-refractivity contribution in [2.75, 3.05) is 18.8 Å². The summed E-state index contributed by atoms with van der Waals surface area (Å²) in [5.74, 6) is -0.350. The summed E-state index contributed by atoms with van der Waals surface area (Å²) in [7, 11) is -3.41. The van der Waals surface area contributed by atoms with Crippen LogP contribution < -0.4 is 10.0 Å². The van der Waals surface area contributed by atoms with Crippen molar-refractivity contribution in [2.45, 2.75) is 32.6 Å². The van der Waals surface area contributed by atoms with Crippen molar-refractivity contribution >= 4 is 15.9 Å². The summed E-state index contributed by atoms with van der Waals surface area (Å²) in [6, 6.07) is 0. The summed E-state index contributed by atoms with van der Waals surface area (Å²) in [4.78, 5) is 11.9. The van der Waals surface area contributed by atoms with Crippen LogP contribution in [0.15, 0.2) is 0 Å². The van der Waals surface area contributed by atoms with Crippen LogP contribution >= 0.6 is 0 Å². The Balaban J connectivity index is 1.90. The van der Waals surface area contributed by atoms with Crippen molar-refractivity contribution in [1.29, 1.82) is 0 Å². The number of hydrogen-bond acceptors (Lipinski definition) is 4. The standard InChI is InChI=1S/C11H20N2O3S/c1-2-7-17(15,16)13-10(14)9-8-11(9)3-5-12-6-4-11/h9,12H,2-8H2,1H3,(H,13,14). The van der Waals surface area contributed by atoms with E-state index in [1.54, 1.807) is 6.92 Å². The molecule has 1 atom stereocenters. The Kier molecular flexibility index (Phi) is 3.45. The molecule has 1 aliphatic heterocycles. The third-order valence-electron chi connectivity index (χ3n) is 3.83. The van der Waals surface area contributed by atoms with Crippen LogP contribution in [0.3, 0.4) is 0 Å². The van der Waals surface area contributed by atoms with Gasteiger partial charge in [-0.05, 0) is 44.2 Å². The minimum atomic E-state index is -3.41. The first-order valence-electron chi connectivity index (χ1n) is 6.24. The molecule has 98 valence electrons. The zero-order chi connectivity index (χ0) is 12.5. The summed E-state index contributed by atoms with van der Waals surface area (Å²) < 4.78 is 25.2. The van der Waals surface area contributed by atoms with Gasteiger partial charge in [0.15, 0.2) is 0 Å². The lowest BCUT2D eigenvalue weighted by Gasteiger charge is -2.23. The molecule has 2 fully saturated rings. The number of nitrogens with one attached hydrogen (secondary N) is 2. The van der Waals surface area contributed by atoms with E-state index >= 15 is 0 Å². The first-order valence-corrected chi connectivity index (χ1v) is 7.89. The van der Waals surface area contributed by atoms with Crippen LogP contribution in [0.1, 0.15) is 32.6 Å². The van der Waals surface area contributed by atoms with E-state index in [4.69, 9.17) is 0 Å². The molecule has 0 radical (unpaired) electrons. The monoisotopic (exact) mass is 260 g/mol. The van der Waals surface area contributed by atoms with E-state index < -0.39 is 10.0 Å². The number of piperidine rings is 1. The number of sulfonamides is 1. The Labute approximate surface area is 102 Å². The van der Waals surface area contributed by atoms with Crippen LogP contribution in [0.5, 0.6) is 0 Å². The predicted octanol–water partition coefficient (Wildman–Crippen LogP) is 0.232. The Morgan fingerprint density at radius 1 is 1.41 bits per heavy atom. The highest BCUT2D eigenvalue weighted by molar-refractivity contribution is 7.90. The van der Waals surface area contributed by atoms with Gasteiger partial charge < -0.3 is 5.32 Å². The topological polar surface area (TPSA) is 75.3 Å². The normalized spacial score (nSPS) is 26.8. The van der Waals surface area contributed by atoms with Crippen molar-refractivity contribution in [1.82, 2.24) is 10.0 Å². The van der Waals surface area contributed by atoms with Crippen molar-refractivity contribution < 1.29 is 13.2 Å². The fourth-order valence-electron chi connectivity index (χ4n) is 2.74. The molecule has 5 nitrogen and oxygen atoms in total. The van der Waals surface area contributed by atoms with Crippen molar-refractivity contribution in [3.63, 3.8) is 0 Å². The third kappa shape index (κ3) is 2.80. The second-order valence-electron chi connectivity index (χ2n) is 5.15. The van der Waals surface area contributed by atoms with E-state index in [0.29, 0.717) is 6.42 Å². The third-order valence-corrected chi connectivity index (χ3v) is 5.29. The lowest BCUT2D eigenvalue weighted by atomic mass is 9.92. The van der Waals surface area contributed by atoms with E-state index in [2.05, 4.69) is 10.0 Å². The van der Waals surface area contributed by atoms with E-state index in [1.165, 1.54) is 0 Å². The highest BCUT2D eigenvalue weighted by Crippen LogP contribution is 2.58. The van der Waals surface area contributed by atoms with Crippen LogP contribution in [0.2, 0.25) is 0 Å². The van der Waals surface area contributed by atoms with Crippen molar-refractivity contribution in [2.24, 2.45) is 11.3 Å². The second kappa shape index (κ2) is 4.57. The highest BCUT2D eigenvalue weighted by Gasteiger charge is 2.58. The molecule has 6 heteroatoms. The average Bonchev–Trinajstić information content (AvgIpc) is 2.92. The Morgan fingerprint density at radius 2 is 2.06 bits per heavy atom. The minimum absolute atomic E-state index is 0.0278. The summed E-state index contributed by atoms with van der Waals surface area (Å²) in [5.41, 5.74) is 0.0943. The van der Waals surface area contributed by atoms with Crippen LogP contribution in [0, 0.1) is 11.3 Å². The fraction of sp³-hybridized carbons (Fsp3) is 0.909. The molecular formula is C11H20N2O3S. The summed E-state index contributed by atoms with van der Waals surface area (Å²) in [6.45, 7) is 3.66. The van der Waals surface area contributed by atoms with Crippen LogP contribution in [0.4, 0.5) is 0 Å². The second-order valence-corrected chi connectivity index (χ2v) is 7.00. The quantitative estimate of drug-likeness (QED) is 0.759. The van der Waals surface area contributed by atoms with Crippen LogP contribution in [-0.2, 0) is 14.8 Å². The number of carbonyl (C=O) groups excluding carboxylic acids is 1. The first-order chi connectivity index (χ1) is 7.99. The molecule has 1 amide bonds. The molecule has 1 saturated heterocycles. The van der Waals surface area contributed by atoms with E-state index in [0.717, 1.165) is 32.4 Å². The zero-order valence-corrected chi connectivity index (χ0v) is 11.0. The van der Waals surface area contributed by atoms with Gasteiger partial charge in [0.1, 0.15) is 0 Å². The molecule has 2 rings (SSSR count). The SMILES string of the molecule is CCCS(=O)(=O)NC(=O)C1CC12CCNCC2. The predicted molar refractivity (Wildman–Crippen MR) is 64.9 cm³/mol. The van der Waals surface area contributed by atoms with Crippen LogP contribution in [0.25, 0.3) is 0 Å². The maximum Gasteiger partial charge on any atom is 0.237 e. The van der Waals surface area contributed by atoms with E-state index in [1.807, 2.05) is 0 Å². The molecule has 1 unspecified atom stereocenters. The molecule has 0 aromatic heterocycles. The molecule has 0 aromatic carbocycles. The molecule has 0 aromatic rings. The van der Waals surface area contributed by atoms with Gasteiger partial charge in [-0.15, -0.1) is 0 Å². The summed E-state index contributed by atoms with van der Waals surface area (Å²) in [6.07, 6.45) is 3.35. The largest absolute Gasteiger partial charge is 0.317 e. The molecule has 17 heavy (non-hydrogen) atoms. The maximum atomic E-state index is 11.9. The molecule has 1 heterocycles. The van der Waals surface area contributed by atoms with E-state index in [9.17, 15) is 13.2 Å². The van der Waals surface area contributed by atoms with Gasteiger partial charge in [0.05, 0.1) is 5.75 Å². The van der Waals surface area contributed by atoms with E-state index in [-0.39, 0.29) is 23.0 Å². The Morgan fingerprint density at radius 3 is 2.65 bits per heavy atom. The molecule has 1 aliphatic carbocycles. The molecule has 1 saturated carbocycles. The van der Waals surface area contributed by atoms with Gasteiger partial charge in [0, 0.05) is 5.92 Å². The highest BCUT2D eigenvalue weighted by atomic mass is 32.2. The molecule has 1 spiro atoms. The first kappa shape index (κ1) is 12.8. The lowest BCUT2D eigenvalue weighted by Crippen LogP contribution is -2.37. The number of amides is 1. The Bertz CT molecular complexity index is 399. The summed E-state index contributed by atoms with van der Waals surface area (Å²) in [5, 5.41) is 3.26. The number of rotatable bonds is 4. The van der Waals surface area contributed by atoms with Gasteiger partial charge >= 0.3 is 0 Å². The molecule has 2 N–H and O–H groups in total. The average molecular weight is 260 g/mol. The number of hydrogen-bond donors (Lipinski definition) is 2. The zero-order valence-electron chi connectivity index (χ0n) is 10.2. The van der Waals surface area contributed by atoms with Gasteiger partial charge in [0.2, 0.25) is 15.9 Å². The van der Waals surface area contributed by atoms with Crippen molar-refractivity contribution in [3.05, 3.63) is 0 Å². The maximum absolute atomic E-state index is 11.9. The minimum Gasteiger partial charge on any atom is -0.317 e. The Hall–Kier alpha value is -0.620. The van der Waals surface area contributed by atoms with Crippen LogP contribution in [-0.4, -0.2) is 33.2 Å². The number of carbonyl (C=O) groups is 1. The summed E-state index contributed by atoms with van der Waals surface area (Å²) >= 11 is 0. The lowest BCUT2D eigenvalue weighted by molar-refractivity contribution is -0.121. The van der Waals surface area contributed by atoms with Gasteiger partial charge in [0.25, 0.3) is 0 Å². The molecular weight excluding hydrogens is 240 g/mol. The molecule has 2 aliphatic rings. The molecule has 0 bridgehead atoms. The van der Waals surface area contributed by atoms with Gasteiger partial charge in [-0.1, -0.05) is 6.92 Å².